The number of fused-ring (bicyclic) bond motifs is 1. The topological polar surface area (TPSA) is 90.9 Å². The summed E-state index contributed by atoms with van der Waals surface area (Å²) in [4.78, 5) is 41.4. The quantitative estimate of drug-likeness (QED) is 0.593. The SMILES string of the molecule is Cc1cc(C(C)(C)C)cc(C)c1CCNC(=O)Cn1c(Cl)nc2c1c(=O)n(C)c(=O)n2C. The Morgan fingerprint density at radius 1 is 1.09 bits per heavy atom. The molecule has 0 saturated heterocycles. The van der Waals surface area contributed by atoms with Crippen molar-refractivity contribution in [1.29, 1.82) is 0 Å². The van der Waals surface area contributed by atoms with Crippen LogP contribution in [-0.4, -0.2) is 31.1 Å². The van der Waals surface area contributed by atoms with Crippen molar-refractivity contribution >= 4 is 28.7 Å². The molecule has 3 aromatic rings. The number of nitrogens with one attached hydrogen (secondary N) is 1. The van der Waals surface area contributed by atoms with Gasteiger partial charge in [-0.05, 0) is 59.5 Å². The summed E-state index contributed by atoms with van der Waals surface area (Å²) in [6.07, 6.45) is 0.697. The first-order valence-electron chi connectivity index (χ1n) is 10.5. The number of imidazole rings is 1. The van der Waals surface area contributed by atoms with Gasteiger partial charge in [0.1, 0.15) is 6.54 Å². The van der Waals surface area contributed by atoms with E-state index >= 15 is 0 Å². The van der Waals surface area contributed by atoms with Crippen LogP contribution >= 0.6 is 11.6 Å². The van der Waals surface area contributed by atoms with Crippen molar-refractivity contribution < 1.29 is 4.79 Å². The minimum atomic E-state index is -0.541. The molecule has 0 aliphatic carbocycles. The second kappa shape index (κ2) is 8.58. The van der Waals surface area contributed by atoms with Crippen LogP contribution in [0.4, 0.5) is 0 Å². The number of halogens is 1. The maximum atomic E-state index is 12.6. The van der Waals surface area contributed by atoms with E-state index in [1.54, 1.807) is 0 Å². The molecule has 0 aliphatic rings. The largest absolute Gasteiger partial charge is 0.354 e. The zero-order valence-electron chi connectivity index (χ0n) is 19.7. The number of carbonyl (C=O) groups excluding carboxylic acids is 1. The molecule has 172 valence electrons. The van der Waals surface area contributed by atoms with Gasteiger partial charge in [-0.25, -0.2) is 4.79 Å². The minimum Gasteiger partial charge on any atom is -0.354 e. The Hall–Kier alpha value is -2.87. The Balaban J connectivity index is 1.76. The number of benzene rings is 1. The zero-order valence-corrected chi connectivity index (χ0v) is 20.4. The van der Waals surface area contributed by atoms with E-state index in [1.165, 1.54) is 45.5 Å². The number of aromatic nitrogens is 4. The first-order valence-corrected chi connectivity index (χ1v) is 10.9. The van der Waals surface area contributed by atoms with Gasteiger partial charge in [-0.3, -0.25) is 23.3 Å². The summed E-state index contributed by atoms with van der Waals surface area (Å²) < 4.78 is 3.55. The summed E-state index contributed by atoms with van der Waals surface area (Å²) >= 11 is 6.19. The van der Waals surface area contributed by atoms with E-state index in [4.69, 9.17) is 11.6 Å². The lowest BCUT2D eigenvalue weighted by molar-refractivity contribution is -0.121. The Morgan fingerprint density at radius 3 is 2.25 bits per heavy atom. The molecular weight excluding hydrogens is 430 g/mol. The summed E-state index contributed by atoms with van der Waals surface area (Å²) in [6.45, 7) is 11.1. The third-order valence-electron chi connectivity index (χ3n) is 5.86. The van der Waals surface area contributed by atoms with Crippen LogP contribution in [0.5, 0.6) is 0 Å². The lowest BCUT2D eigenvalue weighted by Crippen LogP contribution is -2.38. The molecule has 0 saturated carbocycles. The molecule has 1 amide bonds. The number of carbonyl (C=O) groups is 1. The van der Waals surface area contributed by atoms with Gasteiger partial charge in [-0.2, -0.15) is 4.98 Å². The maximum absolute atomic E-state index is 12.6. The number of aryl methyl sites for hydroxylation is 3. The lowest BCUT2D eigenvalue weighted by atomic mass is 9.83. The molecule has 1 N–H and O–H groups in total. The molecule has 1 aromatic carbocycles. The number of hydrogen-bond acceptors (Lipinski definition) is 4. The predicted molar refractivity (Wildman–Crippen MR) is 127 cm³/mol. The highest BCUT2D eigenvalue weighted by molar-refractivity contribution is 6.29. The maximum Gasteiger partial charge on any atom is 0.332 e. The van der Waals surface area contributed by atoms with E-state index < -0.39 is 11.2 Å². The first kappa shape index (κ1) is 23.8. The smallest absolute Gasteiger partial charge is 0.332 e. The van der Waals surface area contributed by atoms with Gasteiger partial charge in [0.2, 0.25) is 11.2 Å². The highest BCUT2D eigenvalue weighted by atomic mass is 35.5. The van der Waals surface area contributed by atoms with Crippen LogP contribution in [0.1, 0.15) is 43.0 Å². The molecule has 0 fully saturated rings. The molecule has 9 heteroatoms. The standard InChI is InChI=1S/C23H30ClN5O3/c1-13-10-15(23(3,4)5)11-14(2)16(13)8-9-25-17(30)12-29-18-19(26-21(29)24)27(6)22(32)28(7)20(18)31/h10-11H,8-9,12H2,1-7H3,(H,25,30). The predicted octanol–water partition coefficient (Wildman–Crippen LogP) is 2.36. The summed E-state index contributed by atoms with van der Waals surface area (Å²) in [6, 6.07) is 4.42. The van der Waals surface area contributed by atoms with E-state index in [1.807, 2.05) is 0 Å². The van der Waals surface area contributed by atoms with Crippen LogP contribution < -0.4 is 16.6 Å². The van der Waals surface area contributed by atoms with E-state index in [2.05, 4.69) is 57.1 Å². The van der Waals surface area contributed by atoms with Gasteiger partial charge < -0.3 is 5.32 Å². The normalized spacial score (nSPS) is 11.9. The molecule has 32 heavy (non-hydrogen) atoms. The van der Waals surface area contributed by atoms with Crippen molar-refractivity contribution in [1.82, 2.24) is 24.0 Å². The van der Waals surface area contributed by atoms with Gasteiger partial charge in [0.25, 0.3) is 5.56 Å². The van der Waals surface area contributed by atoms with Crippen molar-refractivity contribution in [2.24, 2.45) is 14.1 Å². The fourth-order valence-corrected chi connectivity index (χ4v) is 4.14. The molecule has 8 nitrogen and oxygen atoms in total. The van der Waals surface area contributed by atoms with Crippen LogP contribution in [0.25, 0.3) is 11.2 Å². The molecule has 0 radical (unpaired) electrons. The number of hydrogen-bond donors (Lipinski definition) is 1. The monoisotopic (exact) mass is 459 g/mol. The van der Waals surface area contributed by atoms with Crippen LogP contribution in [0.3, 0.4) is 0 Å². The second-order valence-electron chi connectivity index (χ2n) is 9.28. The molecule has 0 aliphatic heterocycles. The third-order valence-corrected chi connectivity index (χ3v) is 6.15. The van der Waals surface area contributed by atoms with Crippen molar-refractivity contribution in [2.75, 3.05) is 6.54 Å². The van der Waals surface area contributed by atoms with Gasteiger partial charge in [0.05, 0.1) is 0 Å². The van der Waals surface area contributed by atoms with Crippen LogP contribution in [0.15, 0.2) is 21.7 Å². The fraction of sp³-hybridized carbons (Fsp3) is 0.478. The minimum absolute atomic E-state index is 0.0158. The number of amides is 1. The van der Waals surface area contributed by atoms with Crippen LogP contribution in [-0.2, 0) is 37.3 Å². The Morgan fingerprint density at radius 2 is 1.69 bits per heavy atom. The Kier molecular flexibility index (Phi) is 6.38. The van der Waals surface area contributed by atoms with Gasteiger partial charge >= 0.3 is 5.69 Å². The highest BCUT2D eigenvalue weighted by Crippen LogP contribution is 2.27. The summed E-state index contributed by atoms with van der Waals surface area (Å²) in [5.41, 5.74) is 4.23. The van der Waals surface area contributed by atoms with Gasteiger partial charge in [-0.15, -0.1) is 0 Å². The van der Waals surface area contributed by atoms with Crippen LogP contribution in [0.2, 0.25) is 5.28 Å². The second-order valence-corrected chi connectivity index (χ2v) is 9.62. The molecule has 2 aromatic heterocycles. The summed E-state index contributed by atoms with van der Waals surface area (Å²) in [5.74, 6) is -0.288. The van der Waals surface area contributed by atoms with Gasteiger partial charge in [-0.1, -0.05) is 32.9 Å². The van der Waals surface area contributed by atoms with Crippen molar-refractivity contribution in [3.05, 3.63) is 60.5 Å². The number of rotatable bonds is 5. The van der Waals surface area contributed by atoms with Crippen LogP contribution in [0, 0.1) is 13.8 Å². The van der Waals surface area contributed by atoms with Crippen molar-refractivity contribution in [3.63, 3.8) is 0 Å². The molecule has 2 heterocycles. The average Bonchev–Trinajstić information content (AvgIpc) is 3.02. The third kappa shape index (κ3) is 4.37. The lowest BCUT2D eigenvalue weighted by Gasteiger charge is -2.22. The van der Waals surface area contributed by atoms with E-state index in [9.17, 15) is 14.4 Å². The molecule has 0 spiro atoms. The zero-order chi connectivity index (χ0) is 24.0. The Bertz CT molecular complexity index is 1300. The van der Waals surface area contributed by atoms with E-state index in [-0.39, 0.29) is 34.3 Å². The molecule has 0 atom stereocenters. The highest BCUT2D eigenvalue weighted by Gasteiger charge is 2.20. The summed E-state index contributed by atoms with van der Waals surface area (Å²) in [5, 5.41) is 2.88. The van der Waals surface area contributed by atoms with Crippen molar-refractivity contribution in [2.45, 2.75) is 53.0 Å². The molecular formula is C23H30ClN5O3. The van der Waals surface area contributed by atoms with Gasteiger partial charge in [0, 0.05) is 20.6 Å². The van der Waals surface area contributed by atoms with Gasteiger partial charge in [0.15, 0.2) is 11.2 Å². The van der Waals surface area contributed by atoms with E-state index in [0.717, 1.165) is 4.57 Å². The first-order chi connectivity index (χ1) is 14.8. The fourth-order valence-electron chi connectivity index (χ4n) is 3.91. The van der Waals surface area contributed by atoms with E-state index in [0.29, 0.717) is 13.0 Å². The summed E-state index contributed by atoms with van der Waals surface area (Å²) in [7, 11) is 2.89. The molecule has 0 bridgehead atoms. The van der Waals surface area contributed by atoms with Crippen molar-refractivity contribution in [3.8, 4) is 0 Å². The average molecular weight is 460 g/mol. The molecule has 3 rings (SSSR count). The molecule has 0 unspecified atom stereocenters. The number of nitrogens with zero attached hydrogens (tertiary/aromatic N) is 4. The Labute approximate surface area is 191 Å².